The van der Waals surface area contributed by atoms with Crippen LogP contribution in [0, 0.1) is 13.8 Å². The topological polar surface area (TPSA) is 55.1 Å². The van der Waals surface area contributed by atoms with Crippen LogP contribution >= 0.6 is 0 Å². The van der Waals surface area contributed by atoms with Gasteiger partial charge in [-0.05, 0) is 43.7 Å². The highest BCUT2D eigenvalue weighted by Crippen LogP contribution is 2.28. The van der Waals surface area contributed by atoms with E-state index in [2.05, 4.69) is 11.4 Å². The zero-order chi connectivity index (χ0) is 18.8. The van der Waals surface area contributed by atoms with E-state index in [0.717, 1.165) is 39.0 Å². The second-order valence-corrected chi connectivity index (χ2v) is 6.66. The van der Waals surface area contributed by atoms with E-state index in [4.69, 9.17) is 9.40 Å². The van der Waals surface area contributed by atoms with E-state index >= 15 is 0 Å². The van der Waals surface area contributed by atoms with Crippen molar-refractivity contribution in [2.45, 2.75) is 20.4 Å². The quantitative estimate of drug-likeness (QED) is 0.557. The summed E-state index contributed by atoms with van der Waals surface area (Å²) in [6.07, 6.45) is 1.60. The van der Waals surface area contributed by atoms with Crippen LogP contribution in [-0.2, 0) is 6.54 Å². The monoisotopic (exact) mass is 356 g/mol. The van der Waals surface area contributed by atoms with Crippen LogP contribution in [-0.4, -0.2) is 10.9 Å². The van der Waals surface area contributed by atoms with Crippen molar-refractivity contribution in [3.8, 4) is 11.3 Å². The fourth-order valence-corrected chi connectivity index (χ4v) is 3.30. The molecule has 4 rings (SSSR count). The summed E-state index contributed by atoms with van der Waals surface area (Å²) < 4.78 is 5.31. The summed E-state index contributed by atoms with van der Waals surface area (Å²) in [4.78, 5) is 17.8. The Morgan fingerprint density at radius 3 is 2.59 bits per heavy atom. The number of fused-ring (bicyclic) bond motifs is 1. The maximum atomic E-state index is 13.0. The van der Waals surface area contributed by atoms with Crippen molar-refractivity contribution in [1.29, 1.82) is 0 Å². The Morgan fingerprint density at radius 2 is 1.85 bits per heavy atom. The molecule has 27 heavy (non-hydrogen) atoms. The van der Waals surface area contributed by atoms with Gasteiger partial charge in [-0.3, -0.25) is 4.79 Å². The maximum Gasteiger partial charge on any atom is 0.252 e. The number of aromatic nitrogens is 1. The van der Waals surface area contributed by atoms with E-state index in [9.17, 15) is 4.79 Å². The number of pyridine rings is 1. The minimum Gasteiger partial charge on any atom is -0.467 e. The molecule has 4 aromatic rings. The third-order valence-electron chi connectivity index (χ3n) is 4.57. The molecular weight excluding hydrogens is 336 g/mol. The third kappa shape index (κ3) is 3.47. The lowest BCUT2D eigenvalue weighted by atomic mass is 9.99. The zero-order valence-corrected chi connectivity index (χ0v) is 15.3. The summed E-state index contributed by atoms with van der Waals surface area (Å²) in [5, 5.41) is 3.82. The number of aryl methyl sites for hydroxylation is 2. The molecule has 2 aromatic carbocycles. The predicted octanol–water partition coefficient (Wildman–Crippen LogP) is 5.04. The normalized spacial score (nSPS) is 10.9. The first-order valence-corrected chi connectivity index (χ1v) is 8.90. The van der Waals surface area contributed by atoms with Crippen molar-refractivity contribution in [2.24, 2.45) is 0 Å². The summed E-state index contributed by atoms with van der Waals surface area (Å²) in [5.74, 6) is 0.582. The van der Waals surface area contributed by atoms with E-state index in [1.54, 1.807) is 6.26 Å². The van der Waals surface area contributed by atoms with Crippen molar-refractivity contribution in [3.05, 3.63) is 89.4 Å². The van der Waals surface area contributed by atoms with E-state index in [-0.39, 0.29) is 5.91 Å². The van der Waals surface area contributed by atoms with E-state index in [0.29, 0.717) is 12.1 Å². The van der Waals surface area contributed by atoms with E-state index < -0.39 is 0 Å². The van der Waals surface area contributed by atoms with Gasteiger partial charge in [0, 0.05) is 10.9 Å². The zero-order valence-electron chi connectivity index (χ0n) is 15.3. The van der Waals surface area contributed by atoms with Gasteiger partial charge in [0.2, 0.25) is 0 Å². The highest BCUT2D eigenvalue weighted by Gasteiger charge is 2.16. The summed E-state index contributed by atoms with van der Waals surface area (Å²) in [5.41, 5.74) is 5.41. The molecule has 0 atom stereocenters. The van der Waals surface area contributed by atoms with Crippen LogP contribution in [0.15, 0.2) is 71.3 Å². The van der Waals surface area contributed by atoms with Crippen LogP contribution in [0.4, 0.5) is 0 Å². The Morgan fingerprint density at radius 1 is 1.04 bits per heavy atom. The molecule has 0 saturated carbocycles. The van der Waals surface area contributed by atoms with Gasteiger partial charge in [0.25, 0.3) is 5.91 Å². The molecule has 4 nitrogen and oxygen atoms in total. The molecule has 2 aromatic heterocycles. The van der Waals surface area contributed by atoms with Crippen molar-refractivity contribution in [3.63, 3.8) is 0 Å². The smallest absolute Gasteiger partial charge is 0.252 e. The number of rotatable bonds is 4. The number of carbonyl (C=O) groups is 1. The van der Waals surface area contributed by atoms with Crippen LogP contribution in [0.3, 0.4) is 0 Å². The number of hydrogen-bond donors (Lipinski definition) is 1. The summed E-state index contributed by atoms with van der Waals surface area (Å²) in [7, 11) is 0. The number of nitrogens with one attached hydrogen (secondary N) is 1. The molecule has 0 spiro atoms. The average Bonchev–Trinajstić information content (AvgIpc) is 3.20. The second-order valence-electron chi connectivity index (χ2n) is 6.66. The number of amides is 1. The van der Waals surface area contributed by atoms with Crippen LogP contribution < -0.4 is 5.32 Å². The van der Waals surface area contributed by atoms with Gasteiger partial charge < -0.3 is 9.73 Å². The van der Waals surface area contributed by atoms with Gasteiger partial charge in [-0.15, -0.1) is 0 Å². The number of nitrogens with zero attached hydrogens (tertiary/aromatic N) is 1. The molecule has 0 unspecified atom stereocenters. The van der Waals surface area contributed by atoms with Gasteiger partial charge in [0.1, 0.15) is 5.76 Å². The lowest BCUT2D eigenvalue weighted by Crippen LogP contribution is -2.23. The first kappa shape index (κ1) is 17.0. The van der Waals surface area contributed by atoms with Gasteiger partial charge in [-0.25, -0.2) is 4.98 Å². The minimum atomic E-state index is -0.138. The van der Waals surface area contributed by atoms with Crippen molar-refractivity contribution >= 4 is 16.8 Å². The maximum absolute atomic E-state index is 13.0. The molecule has 0 bridgehead atoms. The molecule has 134 valence electrons. The molecule has 1 amide bonds. The van der Waals surface area contributed by atoms with Crippen molar-refractivity contribution in [2.75, 3.05) is 0 Å². The lowest BCUT2D eigenvalue weighted by molar-refractivity contribution is 0.0949. The minimum absolute atomic E-state index is 0.138. The standard InChI is InChI=1S/C23H20N2O2/c1-15-11-16(2)22-19(12-15)20(23(26)24-14-18-9-6-10-27-18)13-21(25-22)17-7-4-3-5-8-17/h3-13H,14H2,1-2H3,(H,24,26). The van der Waals surface area contributed by atoms with Crippen molar-refractivity contribution < 1.29 is 9.21 Å². The summed E-state index contributed by atoms with van der Waals surface area (Å²) in [6.45, 7) is 4.41. The molecule has 0 saturated heterocycles. The van der Waals surface area contributed by atoms with Gasteiger partial charge in [0.15, 0.2) is 0 Å². The number of benzene rings is 2. The number of furan rings is 1. The largest absolute Gasteiger partial charge is 0.467 e. The lowest BCUT2D eigenvalue weighted by Gasteiger charge is -2.12. The van der Waals surface area contributed by atoms with Gasteiger partial charge in [-0.2, -0.15) is 0 Å². The first-order chi connectivity index (χ1) is 13.1. The summed E-state index contributed by atoms with van der Waals surface area (Å²) >= 11 is 0. The van der Waals surface area contributed by atoms with E-state index in [1.807, 2.05) is 68.4 Å². The highest BCUT2D eigenvalue weighted by atomic mass is 16.3. The molecule has 0 aliphatic carbocycles. The second kappa shape index (κ2) is 7.08. The van der Waals surface area contributed by atoms with Crippen molar-refractivity contribution in [1.82, 2.24) is 10.3 Å². The fraction of sp³-hybridized carbons (Fsp3) is 0.130. The molecule has 2 heterocycles. The van der Waals surface area contributed by atoms with E-state index in [1.165, 1.54) is 0 Å². The molecule has 0 radical (unpaired) electrons. The number of hydrogen-bond acceptors (Lipinski definition) is 3. The molecule has 0 aliphatic heterocycles. The third-order valence-corrected chi connectivity index (χ3v) is 4.57. The van der Waals surface area contributed by atoms with Gasteiger partial charge >= 0.3 is 0 Å². The molecule has 4 heteroatoms. The molecular formula is C23H20N2O2. The SMILES string of the molecule is Cc1cc(C)c2nc(-c3ccccc3)cc(C(=O)NCc3ccco3)c2c1. The van der Waals surface area contributed by atoms with Gasteiger partial charge in [0.05, 0.1) is 29.6 Å². The Labute approximate surface area is 157 Å². The first-order valence-electron chi connectivity index (χ1n) is 8.90. The summed E-state index contributed by atoms with van der Waals surface area (Å²) in [6, 6.07) is 19.5. The Hall–Kier alpha value is -3.40. The van der Waals surface area contributed by atoms with Crippen LogP contribution in [0.1, 0.15) is 27.2 Å². The molecule has 0 fully saturated rings. The predicted molar refractivity (Wildman–Crippen MR) is 107 cm³/mol. The Balaban J connectivity index is 1.82. The van der Waals surface area contributed by atoms with Crippen LogP contribution in [0.2, 0.25) is 0 Å². The number of carbonyl (C=O) groups excluding carboxylic acids is 1. The Bertz CT molecular complexity index is 1100. The van der Waals surface area contributed by atoms with Crippen LogP contribution in [0.25, 0.3) is 22.2 Å². The van der Waals surface area contributed by atoms with Gasteiger partial charge in [-0.1, -0.05) is 42.0 Å². The molecule has 0 aliphatic rings. The Kier molecular flexibility index (Phi) is 4.47. The van der Waals surface area contributed by atoms with Crippen LogP contribution in [0.5, 0.6) is 0 Å². The highest BCUT2D eigenvalue weighted by molar-refractivity contribution is 6.08. The average molecular weight is 356 g/mol. The molecule has 1 N–H and O–H groups in total. The fourth-order valence-electron chi connectivity index (χ4n) is 3.30.